The maximum Gasteiger partial charge on any atom is 0.252 e. The molecule has 2 aromatic carbocycles. The Morgan fingerprint density at radius 1 is 1.17 bits per heavy atom. The number of aryl methyl sites for hydroxylation is 1. The lowest BCUT2D eigenvalue weighted by molar-refractivity contribution is -0.117. The molecule has 0 radical (unpaired) electrons. The average molecular weight is 469 g/mol. The molecule has 5 nitrogen and oxygen atoms in total. The highest BCUT2D eigenvalue weighted by atomic mass is 35.5. The van der Waals surface area contributed by atoms with Gasteiger partial charge in [-0.15, -0.1) is 0 Å². The highest BCUT2D eigenvalue weighted by molar-refractivity contribution is 8.16. The van der Waals surface area contributed by atoms with Gasteiger partial charge in [-0.25, -0.2) is 8.42 Å². The lowest BCUT2D eigenvalue weighted by Crippen LogP contribution is -2.38. The molecular weight excluding hydrogens is 451 g/mol. The second-order valence-corrected chi connectivity index (χ2v) is 11.4. The Morgan fingerprint density at radius 2 is 1.90 bits per heavy atom. The van der Waals surface area contributed by atoms with Crippen LogP contribution in [0.3, 0.4) is 0 Å². The first-order valence-electron chi connectivity index (χ1n) is 9.00. The summed E-state index contributed by atoms with van der Waals surface area (Å²) in [5, 5.41) is 1.18. The number of sulfone groups is 1. The van der Waals surface area contributed by atoms with E-state index in [4.69, 9.17) is 23.2 Å². The quantitative estimate of drug-likeness (QED) is 0.676. The van der Waals surface area contributed by atoms with Gasteiger partial charge in [-0.05, 0) is 30.7 Å². The van der Waals surface area contributed by atoms with Crippen molar-refractivity contribution in [2.45, 2.75) is 24.6 Å². The SMILES string of the molecule is Cc1ccc(CC(=O)N=C2S[C@H]3CS(=O)(=O)C[C@H]3N2c2cc(Cl)ccc2Cl)cc1. The van der Waals surface area contributed by atoms with E-state index in [1.54, 1.807) is 23.1 Å². The Labute approximate surface area is 184 Å². The predicted molar refractivity (Wildman–Crippen MR) is 120 cm³/mol. The number of hydrogen-bond donors (Lipinski definition) is 0. The van der Waals surface area contributed by atoms with Crippen LogP contribution in [-0.2, 0) is 21.1 Å². The molecule has 2 saturated heterocycles. The van der Waals surface area contributed by atoms with Gasteiger partial charge in [-0.1, -0.05) is 64.8 Å². The number of thioether (sulfide) groups is 1. The molecule has 2 fully saturated rings. The van der Waals surface area contributed by atoms with Crippen LogP contribution >= 0.6 is 35.0 Å². The van der Waals surface area contributed by atoms with Crippen LogP contribution in [0.15, 0.2) is 47.5 Å². The van der Waals surface area contributed by atoms with Crippen molar-refractivity contribution in [1.29, 1.82) is 0 Å². The van der Waals surface area contributed by atoms with Crippen LogP contribution in [0.4, 0.5) is 5.69 Å². The number of aliphatic imine (C=N–C) groups is 1. The minimum Gasteiger partial charge on any atom is -0.314 e. The van der Waals surface area contributed by atoms with E-state index in [1.165, 1.54) is 11.8 Å². The van der Waals surface area contributed by atoms with Crippen LogP contribution in [-0.4, -0.2) is 42.3 Å². The van der Waals surface area contributed by atoms with Crippen LogP contribution in [0, 0.1) is 6.92 Å². The van der Waals surface area contributed by atoms with Gasteiger partial charge in [-0.2, -0.15) is 4.99 Å². The summed E-state index contributed by atoms with van der Waals surface area (Å²) in [7, 11) is -3.15. The third kappa shape index (κ3) is 4.48. The van der Waals surface area contributed by atoms with E-state index in [0.29, 0.717) is 20.9 Å². The van der Waals surface area contributed by atoms with E-state index >= 15 is 0 Å². The normalized spacial score (nSPS) is 24.1. The summed E-state index contributed by atoms with van der Waals surface area (Å²) in [5.41, 5.74) is 2.57. The molecule has 2 heterocycles. The number of fused-ring (bicyclic) bond motifs is 1. The molecule has 152 valence electrons. The molecule has 0 aliphatic carbocycles. The first-order chi connectivity index (χ1) is 13.7. The molecule has 29 heavy (non-hydrogen) atoms. The Morgan fingerprint density at radius 3 is 2.62 bits per heavy atom. The number of benzene rings is 2. The highest BCUT2D eigenvalue weighted by Crippen LogP contribution is 2.43. The van der Waals surface area contributed by atoms with Crippen LogP contribution in [0.5, 0.6) is 0 Å². The number of carbonyl (C=O) groups is 1. The summed E-state index contributed by atoms with van der Waals surface area (Å²) < 4.78 is 24.3. The first kappa shape index (κ1) is 20.7. The van der Waals surface area contributed by atoms with Crippen LogP contribution in [0.25, 0.3) is 0 Å². The van der Waals surface area contributed by atoms with E-state index in [2.05, 4.69) is 4.99 Å². The van der Waals surface area contributed by atoms with E-state index in [1.807, 2.05) is 31.2 Å². The number of nitrogens with zero attached hydrogens (tertiary/aromatic N) is 2. The standard InChI is InChI=1S/C20H18Cl2N2O3S2/c1-12-2-4-13(5-3-12)8-19(25)23-20-24(16-9-14(21)6-7-15(16)22)17-10-29(26,27)11-18(17)28-20/h2-7,9,17-18H,8,10-11H2,1H3/t17-,18+/m1/s1. The number of halogens is 2. The van der Waals surface area contributed by atoms with Gasteiger partial charge in [0.05, 0.1) is 34.7 Å². The summed E-state index contributed by atoms with van der Waals surface area (Å²) >= 11 is 13.9. The van der Waals surface area contributed by atoms with Crippen molar-refractivity contribution in [1.82, 2.24) is 0 Å². The fraction of sp³-hybridized carbons (Fsp3) is 0.300. The van der Waals surface area contributed by atoms with Crippen molar-refractivity contribution in [3.63, 3.8) is 0 Å². The second-order valence-electron chi connectivity index (χ2n) is 7.22. The van der Waals surface area contributed by atoms with Gasteiger partial charge in [0.15, 0.2) is 15.0 Å². The molecule has 0 N–H and O–H groups in total. The maximum atomic E-state index is 12.6. The monoisotopic (exact) mass is 468 g/mol. The molecule has 2 aliphatic rings. The summed E-state index contributed by atoms with van der Waals surface area (Å²) in [6.45, 7) is 1.99. The topological polar surface area (TPSA) is 66.8 Å². The predicted octanol–water partition coefficient (Wildman–Crippen LogP) is 4.15. The smallest absolute Gasteiger partial charge is 0.252 e. The highest BCUT2D eigenvalue weighted by Gasteiger charge is 2.49. The van der Waals surface area contributed by atoms with Gasteiger partial charge in [0.25, 0.3) is 5.91 Å². The summed E-state index contributed by atoms with van der Waals surface area (Å²) in [4.78, 5) is 18.7. The Balaban J connectivity index is 1.67. The van der Waals surface area contributed by atoms with Crippen molar-refractivity contribution >= 4 is 61.6 Å². The largest absolute Gasteiger partial charge is 0.314 e. The molecule has 2 aromatic rings. The van der Waals surface area contributed by atoms with E-state index < -0.39 is 9.84 Å². The lowest BCUT2D eigenvalue weighted by Gasteiger charge is -2.25. The number of carbonyl (C=O) groups excluding carboxylic acids is 1. The van der Waals surface area contributed by atoms with Crippen molar-refractivity contribution in [2.24, 2.45) is 4.99 Å². The van der Waals surface area contributed by atoms with Crippen molar-refractivity contribution in [3.05, 3.63) is 63.6 Å². The third-order valence-corrected chi connectivity index (χ3v) is 8.70. The molecule has 9 heteroatoms. The molecule has 0 bridgehead atoms. The minimum absolute atomic E-state index is 0.00131. The fourth-order valence-corrected chi connectivity index (χ4v) is 7.84. The van der Waals surface area contributed by atoms with Gasteiger partial charge in [-0.3, -0.25) is 4.79 Å². The second kappa shape index (κ2) is 7.95. The average Bonchev–Trinajstić information content (AvgIpc) is 3.10. The maximum absolute atomic E-state index is 12.6. The first-order valence-corrected chi connectivity index (χ1v) is 12.5. The molecule has 0 saturated carbocycles. The number of amidine groups is 1. The zero-order chi connectivity index (χ0) is 20.8. The summed E-state index contributed by atoms with van der Waals surface area (Å²) in [6, 6.07) is 12.4. The van der Waals surface area contributed by atoms with Gasteiger partial charge in [0.2, 0.25) is 0 Å². The van der Waals surface area contributed by atoms with E-state index in [0.717, 1.165) is 11.1 Å². The number of amides is 1. The van der Waals surface area contributed by atoms with Crippen molar-refractivity contribution in [3.8, 4) is 0 Å². The zero-order valence-corrected chi connectivity index (χ0v) is 18.7. The van der Waals surface area contributed by atoms with Crippen molar-refractivity contribution in [2.75, 3.05) is 16.4 Å². The van der Waals surface area contributed by atoms with E-state index in [-0.39, 0.29) is 35.1 Å². The molecule has 2 aliphatic heterocycles. The van der Waals surface area contributed by atoms with Crippen molar-refractivity contribution < 1.29 is 13.2 Å². The molecule has 4 rings (SSSR count). The number of anilines is 1. The fourth-order valence-electron chi connectivity index (χ4n) is 3.54. The van der Waals surface area contributed by atoms with Crippen LogP contribution in [0.1, 0.15) is 11.1 Å². The molecule has 0 unspecified atom stereocenters. The molecule has 0 spiro atoms. The van der Waals surface area contributed by atoms with Crippen LogP contribution < -0.4 is 4.90 Å². The van der Waals surface area contributed by atoms with Gasteiger partial charge >= 0.3 is 0 Å². The minimum atomic E-state index is -3.15. The number of rotatable bonds is 3. The Hall–Kier alpha value is -1.54. The Bertz CT molecular complexity index is 1100. The molecule has 1 amide bonds. The van der Waals surface area contributed by atoms with Crippen LogP contribution in [0.2, 0.25) is 10.0 Å². The molecule has 0 aromatic heterocycles. The summed E-state index contributed by atoms with van der Waals surface area (Å²) in [5.74, 6) is -0.233. The molecular formula is C20H18Cl2N2O3S2. The summed E-state index contributed by atoms with van der Waals surface area (Å²) in [6.07, 6.45) is 0.176. The molecule has 2 atom stereocenters. The zero-order valence-electron chi connectivity index (χ0n) is 15.5. The third-order valence-electron chi connectivity index (χ3n) is 4.93. The van der Waals surface area contributed by atoms with E-state index in [9.17, 15) is 13.2 Å². The number of hydrogen-bond acceptors (Lipinski definition) is 4. The lowest BCUT2D eigenvalue weighted by atomic mass is 10.1. The van der Waals surface area contributed by atoms with Gasteiger partial charge in [0.1, 0.15) is 0 Å². The Kier molecular flexibility index (Phi) is 5.68. The van der Waals surface area contributed by atoms with Gasteiger partial charge < -0.3 is 4.90 Å². The van der Waals surface area contributed by atoms with Gasteiger partial charge in [0, 0.05) is 10.3 Å².